The van der Waals surface area contributed by atoms with Gasteiger partial charge in [0, 0.05) is 24.8 Å². The van der Waals surface area contributed by atoms with Crippen molar-refractivity contribution in [3.63, 3.8) is 0 Å². The molecule has 8 nitrogen and oxygen atoms in total. The van der Waals surface area contributed by atoms with E-state index in [2.05, 4.69) is 0 Å². The Morgan fingerprint density at radius 3 is 2.71 bits per heavy atom. The maximum absolute atomic E-state index is 12.3. The highest BCUT2D eigenvalue weighted by Gasteiger charge is 2.34. The van der Waals surface area contributed by atoms with E-state index in [9.17, 15) is 19.7 Å². The van der Waals surface area contributed by atoms with Crippen LogP contribution in [-0.2, 0) is 9.53 Å². The SMILES string of the molecule is COCCN1C(=O)S/C(=C/c2ccc(-c3cc([N+](=O)[O-])c(Cl)cc3Cl)o2)C1=O. The Hall–Kier alpha value is -2.33. The van der Waals surface area contributed by atoms with Crippen LogP contribution in [0.3, 0.4) is 0 Å². The van der Waals surface area contributed by atoms with E-state index in [0.717, 1.165) is 16.7 Å². The fourth-order valence-corrected chi connectivity index (χ4v) is 3.84. The lowest BCUT2D eigenvalue weighted by Gasteiger charge is -2.10. The number of thioether (sulfide) groups is 1. The summed E-state index contributed by atoms with van der Waals surface area (Å²) in [7, 11) is 1.48. The average Bonchev–Trinajstić information content (AvgIpc) is 3.18. The summed E-state index contributed by atoms with van der Waals surface area (Å²) in [4.78, 5) is 36.0. The molecule has 146 valence electrons. The number of imide groups is 1. The molecule has 28 heavy (non-hydrogen) atoms. The van der Waals surface area contributed by atoms with Crippen molar-refractivity contribution in [3.05, 3.63) is 55.1 Å². The van der Waals surface area contributed by atoms with Gasteiger partial charge in [-0.3, -0.25) is 24.6 Å². The number of nitrogens with zero attached hydrogens (tertiary/aromatic N) is 2. The van der Waals surface area contributed by atoms with E-state index in [0.29, 0.717) is 5.76 Å². The zero-order valence-electron chi connectivity index (χ0n) is 14.3. The minimum Gasteiger partial charge on any atom is -0.457 e. The Balaban J connectivity index is 1.89. The fourth-order valence-electron chi connectivity index (χ4n) is 2.45. The first kappa shape index (κ1) is 20.4. The lowest BCUT2D eigenvalue weighted by molar-refractivity contribution is -0.384. The largest absolute Gasteiger partial charge is 0.457 e. The van der Waals surface area contributed by atoms with Gasteiger partial charge in [0.2, 0.25) is 0 Å². The molecule has 2 amide bonds. The lowest BCUT2D eigenvalue weighted by Crippen LogP contribution is -2.31. The molecule has 0 radical (unpaired) electrons. The summed E-state index contributed by atoms with van der Waals surface area (Å²) in [5.41, 5.74) is -0.0242. The molecule has 1 aliphatic rings. The molecule has 0 bridgehead atoms. The second kappa shape index (κ2) is 8.36. The standard InChI is InChI=1S/C17H12Cl2N2O6S/c1-26-5-4-20-16(22)15(28-17(20)23)6-9-2-3-14(27-9)10-7-13(21(24)25)12(19)8-11(10)18/h2-3,6-8H,4-5H2,1H3/b15-6+. The van der Waals surface area contributed by atoms with Crippen molar-refractivity contribution in [2.24, 2.45) is 0 Å². The number of methoxy groups -OCH3 is 1. The Labute approximate surface area is 173 Å². The minimum absolute atomic E-state index is 0.0877. The molecular weight excluding hydrogens is 431 g/mol. The topological polar surface area (TPSA) is 103 Å². The van der Waals surface area contributed by atoms with Crippen molar-refractivity contribution in [2.75, 3.05) is 20.3 Å². The van der Waals surface area contributed by atoms with Crippen LogP contribution in [0, 0.1) is 10.1 Å². The van der Waals surface area contributed by atoms with Crippen LogP contribution in [0.1, 0.15) is 5.76 Å². The molecule has 11 heteroatoms. The van der Waals surface area contributed by atoms with Crippen molar-refractivity contribution in [3.8, 4) is 11.3 Å². The fraction of sp³-hybridized carbons (Fsp3) is 0.176. The number of rotatable bonds is 6. The molecule has 1 saturated heterocycles. The second-order valence-corrected chi connectivity index (χ2v) is 7.38. The molecule has 0 aliphatic carbocycles. The van der Waals surface area contributed by atoms with Gasteiger partial charge in [0.25, 0.3) is 16.8 Å². The molecule has 1 aliphatic heterocycles. The van der Waals surface area contributed by atoms with E-state index in [4.69, 9.17) is 32.4 Å². The Morgan fingerprint density at radius 2 is 2.04 bits per heavy atom. The van der Waals surface area contributed by atoms with Gasteiger partial charge in [-0.2, -0.15) is 0 Å². The van der Waals surface area contributed by atoms with Crippen LogP contribution in [0.5, 0.6) is 0 Å². The lowest BCUT2D eigenvalue weighted by atomic mass is 10.1. The van der Waals surface area contributed by atoms with Crippen molar-refractivity contribution >= 4 is 57.9 Å². The van der Waals surface area contributed by atoms with Gasteiger partial charge in [0.1, 0.15) is 16.5 Å². The second-order valence-electron chi connectivity index (χ2n) is 5.57. The predicted octanol–water partition coefficient (Wildman–Crippen LogP) is 4.84. The number of nitro groups is 1. The van der Waals surface area contributed by atoms with Crippen LogP contribution in [0.25, 0.3) is 17.4 Å². The third-order valence-electron chi connectivity index (χ3n) is 3.79. The van der Waals surface area contributed by atoms with Crippen LogP contribution < -0.4 is 0 Å². The van der Waals surface area contributed by atoms with Gasteiger partial charge < -0.3 is 9.15 Å². The zero-order chi connectivity index (χ0) is 20.4. The summed E-state index contributed by atoms with van der Waals surface area (Å²) in [6, 6.07) is 5.60. The van der Waals surface area contributed by atoms with E-state index >= 15 is 0 Å². The molecule has 1 aromatic heterocycles. The quantitative estimate of drug-likeness (QED) is 0.357. The number of nitro benzene ring substituents is 1. The summed E-state index contributed by atoms with van der Waals surface area (Å²) >= 11 is 12.8. The molecule has 2 aromatic rings. The van der Waals surface area contributed by atoms with Gasteiger partial charge in [0.15, 0.2) is 0 Å². The monoisotopic (exact) mass is 442 g/mol. The van der Waals surface area contributed by atoms with Crippen molar-refractivity contribution in [1.29, 1.82) is 0 Å². The summed E-state index contributed by atoms with van der Waals surface area (Å²) < 4.78 is 10.5. The number of halogens is 2. The summed E-state index contributed by atoms with van der Waals surface area (Å²) in [6.45, 7) is 0.399. The molecule has 1 fully saturated rings. The van der Waals surface area contributed by atoms with Crippen molar-refractivity contribution < 1.29 is 23.7 Å². The highest BCUT2D eigenvalue weighted by molar-refractivity contribution is 8.18. The molecule has 1 aromatic carbocycles. The Bertz CT molecular complexity index is 1000. The minimum atomic E-state index is -0.623. The van der Waals surface area contributed by atoms with Crippen molar-refractivity contribution in [1.82, 2.24) is 4.90 Å². The Morgan fingerprint density at radius 1 is 1.29 bits per heavy atom. The van der Waals surface area contributed by atoms with Gasteiger partial charge in [-0.05, 0) is 30.0 Å². The van der Waals surface area contributed by atoms with E-state index in [1.165, 1.54) is 25.3 Å². The molecule has 0 spiro atoms. The molecule has 0 unspecified atom stereocenters. The number of hydrogen-bond acceptors (Lipinski definition) is 7. The third-order valence-corrected chi connectivity index (χ3v) is 5.31. The highest BCUT2D eigenvalue weighted by atomic mass is 35.5. The van der Waals surface area contributed by atoms with Crippen LogP contribution >= 0.6 is 35.0 Å². The Kier molecular flexibility index (Phi) is 6.09. The first-order chi connectivity index (χ1) is 13.3. The first-order valence-corrected chi connectivity index (χ1v) is 9.37. The normalized spacial score (nSPS) is 15.7. The molecule has 3 rings (SSSR count). The highest BCUT2D eigenvalue weighted by Crippen LogP contribution is 2.38. The summed E-state index contributed by atoms with van der Waals surface area (Å²) in [6.07, 6.45) is 1.43. The molecule has 0 N–H and O–H groups in total. The number of furan rings is 1. The number of hydrogen-bond donors (Lipinski definition) is 0. The average molecular weight is 443 g/mol. The zero-order valence-corrected chi connectivity index (χ0v) is 16.6. The maximum Gasteiger partial charge on any atom is 0.293 e. The smallest absolute Gasteiger partial charge is 0.293 e. The van der Waals surface area contributed by atoms with E-state index in [1.807, 2.05) is 0 Å². The molecule has 0 saturated carbocycles. The number of benzene rings is 1. The van der Waals surface area contributed by atoms with E-state index in [1.54, 1.807) is 12.1 Å². The van der Waals surface area contributed by atoms with Crippen LogP contribution in [0.4, 0.5) is 10.5 Å². The first-order valence-electron chi connectivity index (χ1n) is 7.79. The van der Waals surface area contributed by atoms with Crippen LogP contribution in [0.2, 0.25) is 10.0 Å². The van der Waals surface area contributed by atoms with E-state index in [-0.39, 0.29) is 45.1 Å². The van der Waals surface area contributed by atoms with Gasteiger partial charge in [-0.15, -0.1) is 0 Å². The van der Waals surface area contributed by atoms with Gasteiger partial charge in [-0.25, -0.2) is 0 Å². The van der Waals surface area contributed by atoms with Crippen molar-refractivity contribution in [2.45, 2.75) is 0 Å². The molecule has 0 atom stereocenters. The summed E-state index contributed by atoms with van der Waals surface area (Å²) in [5, 5.41) is 10.8. The maximum atomic E-state index is 12.3. The van der Waals surface area contributed by atoms with Gasteiger partial charge >= 0.3 is 0 Å². The number of carbonyl (C=O) groups is 2. The van der Waals surface area contributed by atoms with Crippen LogP contribution in [-0.4, -0.2) is 41.2 Å². The molecular formula is C17H12Cl2N2O6S. The third kappa shape index (κ3) is 4.07. The number of ether oxygens (including phenoxy) is 1. The number of carbonyl (C=O) groups excluding carboxylic acids is 2. The van der Waals surface area contributed by atoms with Gasteiger partial charge in [-0.1, -0.05) is 23.2 Å². The molecule has 2 heterocycles. The predicted molar refractivity (Wildman–Crippen MR) is 105 cm³/mol. The van der Waals surface area contributed by atoms with E-state index < -0.39 is 16.1 Å². The van der Waals surface area contributed by atoms with Gasteiger partial charge in [0.05, 0.1) is 28.0 Å². The summed E-state index contributed by atoms with van der Waals surface area (Å²) in [5.74, 6) is 0.112. The van der Waals surface area contributed by atoms with Crippen LogP contribution in [0.15, 0.2) is 33.6 Å². The number of amides is 2.